The molecule has 8 heteroatoms. The maximum absolute atomic E-state index is 12.3. The van der Waals surface area contributed by atoms with Gasteiger partial charge in [-0.2, -0.15) is 0 Å². The highest BCUT2D eigenvalue weighted by Crippen LogP contribution is 2.31. The second kappa shape index (κ2) is 9.79. The van der Waals surface area contributed by atoms with Gasteiger partial charge in [-0.25, -0.2) is 9.59 Å². The molecule has 8 nitrogen and oxygen atoms in total. The molecule has 1 aliphatic heterocycles. The van der Waals surface area contributed by atoms with E-state index in [2.05, 4.69) is 10.1 Å². The molecule has 0 aromatic heterocycles. The molecule has 2 atom stereocenters. The lowest BCUT2D eigenvalue weighted by atomic mass is 10.0. The average Bonchev–Trinajstić information content (AvgIpc) is 2.77. The summed E-state index contributed by atoms with van der Waals surface area (Å²) in [6.07, 6.45) is -2.18. The van der Waals surface area contributed by atoms with Crippen LogP contribution in [0.5, 0.6) is 11.5 Å². The Bertz CT molecular complexity index is 840. The fourth-order valence-corrected chi connectivity index (χ4v) is 2.90. The van der Waals surface area contributed by atoms with Gasteiger partial charge in [-0.3, -0.25) is 0 Å². The van der Waals surface area contributed by atoms with E-state index in [0.29, 0.717) is 24.7 Å². The number of benzene rings is 2. The number of carbonyl (C=O) groups excluding carboxylic acids is 2. The molecule has 0 radical (unpaired) electrons. The van der Waals surface area contributed by atoms with E-state index in [1.165, 1.54) is 7.11 Å². The first-order chi connectivity index (χ1) is 14.1. The van der Waals surface area contributed by atoms with Crippen molar-refractivity contribution in [2.24, 2.45) is 0 Å². The number of nitrogens with one attached hydrogen (secondary N) is 1. The van der Waals surface area contributed by atoms with Crippen molar-refractivity contribution in [3.05, 3.63) is 59.7 Å². The van der Waals surface area contributed by atoms with Crippen LogP contribution in [0.15, 0.2) is 48.5 Å². The zero-order valence-electron chi connectivity index (χ0n) is 16.0. The van der Waals surface area contributed by atoms with Crippen molar-refractivity contribution in [2.75, 3.05) is 20.3 Å². The van der Waals surface area contributed by atoms with E-state index >= 15 is 0 Å². The minimum Gasteiger partial charge on any atom is -0.486 e. The summed E-state index contributed by atoms with van der Waals surface area (Å²) in [5.74, 6) is 0.361. The minimum atomic E-state index is -1.58. The van der Waals surface area contributed by atoms with Crippen LogP contribution in [0.3, 0.4) is 0 Å². The van der Waals surface area contributed by atoms with E-state index in [9.17, 15) is 14.7 Å². The first kappa shape index (κ1) is 20.5. The molecule has 0 saturated carbocycles. The monoisotopic (exact) mass is 401 g/mol. The number of alkyl carbamates (subject to hydrolysis) is 1. The molecule has 1 amide bonds. The SMILES string of the molecule is COC(=O)NC(Cc1ccc2c(c1)OCCO2)C(O)C(=O)OCc1ccccc1. The number of aliphatic hydroxyl groups excluding tert-OH is 1. The lowest BCUT2D eigenvalue weighted by molar-refractivity contribution is -0.156. The van der Waals surface area contributed by atoms with Gasteiger partial charge in [-0.05, 0) is 29.7 Å². The molecule has 1 heterocycles. The summed E-state index contributed by atoms with van der Waals surface area (Å²) in [7, 11) is 1.20. The number of fused-ring (bicyclic) bond motifs is 1. The van der Waals surface area contributed by atoms with Crippen LogP contribution in [0.1, 0.15) is 11.1 Å². The Morgan fingerprint density at radius 3 is 2.52 bits per heavy atom. The van der Waals surface area contributed by atoms with Crippen molar-refractivity contribution in [1.29, 1.82) is 0 Å². The van der Waals surface area contributed by atoms with Gasteiger partial charge in [-0.1, -0.05) is 36.4 Å². The van der Waals surface area contributed by atoms with Crippen molar-refractivity contribution in [3.63, 3.8) is 0 Å². The second-order valence-electron chi connectivity index (χ2n) is 6.46. The van der Waals surface area contributed by atoms with Gasteiger partial charge in [0, 0.05) is 0 Å². The summed E-state index contributed by atoms with van der Waals surface area (Å²) < 4.78 is 20.8. The molecule has 2 aromatic carbocycles. The highest BCUT2D eigenvalue weighted by molar-refractivity contribution is 5.77. The number of carbonyl (C=O) groups is 2. The molecule has 0 aliphatic carbocycles. The Balaban J connectivity index is 1.68. The fraction of sp³-hybridized carbons (Fsp3) is 0.333. The van der Waals surface area contributed by atoms with E-state index in [1.807, 2.05) is 18.2 Å². The molecule has 2 unspecified atom stereocenters. The lowest BCUT2D eigenvalue weighted by Crippen LogP contribution is -2.48. The predicted molar refractivity (Wildman–Crippen MR) is 103 cm³/mol. The topological polar surface area (TPSA) is 103 Å². The van der Waals surface area contributed by atoms with Crippen molar-refractivity contribution < 1.29 is 33.6 Å². The summed E-state index contributed by atoms with van der Waals surface area (Å²) in [4.78, 5) is 24.1. The molecule has 29 heavy (non-hydrogen) atoms. The van der Waals surface area contributed by atoms with Crippen molar-refractivity contribution in [1.82, 2.24) is 5.32 Å². The van der Waals surface area contributed by atoms with Crippen LogP contribution < -0.4 is 14.8 Å². The molecule has 0 spiro atoms. The molecule has 0 bridgehead atoms. The van der Waals surface area contributed by atoms with E-state index in [0.717, 1.165) is 11.1 Å². The van der Waals surface area contributed by atoms with E-state index in [-0.39, 0.29) is 13.0 Å². The van der Waals surface area contributed by atoms with Crippen LogP contribution in [-0.4, -0.2) is 49.6 Å². The molecule has 2 aromatic rings. The standard InChI is InChI=1S/C21H23NO7/c1-26-21(25)22-16(11-15-7-8-17-18(12-15)28-10-9-27-17)19(23)20(24)29-13-14-5-3-2-4-6-14/h2-8,12,16,19,23H,9-11,13H2,1H3,(H,22,25). The lowest BCUT2D eigenvalue weighted by Gasteiger charge is -2.24. The normalized spacial score (nSPS) is 14.4. The third kappa shape index (κ3) is 5.61. The molecule has 3 rings (SSSR count). The Kier molecular flexibility index (Phi) is 6.91. The Labute approximate surface area is 168 Å². The number of ether oxygens (including phenoxy) is 4. The van der Waals surface area contributed by atoms with E-state index in [1.54, 1.807) is 30.3 Å². The molecular weight excluding hydrogens is 378 g/mol. The predicted octanol–water partition coefficient (Wildman–Crippen LogP) is 1.83. The van der Waals surface area contributed by atoms with E-state index in [4.69, 9.17) is 14.2 Å². The van der Waals surface area contributed by atoms with E-state index < -0.39 is 24.2 Å². The van der Waals surface area contributed by atoms with Gasteiger partial charge in [0.25, 0.3) is 0 Å². The quantitative estimate of drug-likeness (QED) is 0.682. The first-order valence-corrected chi connectivity index (χ1v) is 9.18. The summed E-state index contributed by atoms with van der Waals surface area (Å²) in [6.45, 7) is 0.936. The molecular formula is C21H23NO7. The van der Waals surface area contributed by atoms with Gasteiger partial charge in [0.05, 0.1) is 13.2 Å². The van der Waals surface area contributed by atoms with Crippen LogP contribution >= 0.6 is 0 Å². The molecule has 1 aliphatic rings. The summed E-state index contributed by atoms with van der Waals surface area (Å²) in [5.41, 5.74) is 1.53. The van der Waals surface area contributed by atoms with Crippen LogP contribution in [-0.2, 0) is 27.3 Å². The number of rotatable bonds is 7. The van der Waals surface area contributed by atoms with Crippen LogP contribution in [0, 0.1) is 0 Å². The van der Waals surface area contributed by atoms with Gasteiger partial charge >= 0.3 is 12.1 Å². The smallest absolute Gasteiger partial charge is 0.407 e. The molecule has 2 N–H and O–H groups in total. The van der Waals surface area contributed by atoms with Crippen LogP contribution in [0.25, 0.3) is 0 Å². The van der Waals surface area contributed by atoms with Crippen LogP contribution in [0.4, 0.5) is 4.79 Å². The fourth-order valence-electron chi connectivity index (χ4n) is 2.90. The zero-order chi connectivity index (χ0) is 20.6. The van der Waals surface area contributed by atoms with Gasteiger partial charge in [0.15, 0.2) is 17.6 Å². The molecule has 154 valence electrons. The maximum Gasteiger partial charge on any atom is 0.407 e. The third-order valence-corrected chi connectivity index (χ3v) is 4.40. The maximum atomic E-state index is 12.3. The number of amides is 1. The number of methoxy groups -OCH3 is 1. The molecule has 0 fully saturated rings. The number of aliphatic hydroxyl groups is 1. The highest BCUT2D eigenvalue weighted by Gasteiger charge is 2.30. The minimum absolute atomic E-state index is 0.0195. The summed E-state index contributed by atoms with van der Waals surface area (Å²) in [6, 6.07) is 13.4. The largest absolute Gasteiger partial charge is 0.486 e. The Hall–Kier alpha value is -3.26. The van der Waals surface area contributed by atoms with Gasteiger partial charge in [0.1, 0.15) is 19.8 Å². The number of hydrogen-bond acceptors (Lipinski definition) is 7. The van der Waals surface area contributed by atoms with Crippen molar-refractivity contribution >= 4 is 12.1 Å². The average molecular weight is 401 g/mol. The van der Waals surface area contributed by atoms with Crippen molar-refractivity contribution in [3.8, 4) is 11.5 Å². The van der Waals surface area contributed by atoms with Gasteiger partial charge in [0.2, 0.25) is 0 Å². The third-order valence-electron chi connectivity index (χ3n) is 4.40. The van der Waals surface area contributed by atoms with Crippen LogP contribution in [0.2, 0.25) is 0 Å². The van der Waals surface area contributed by atoms with Gasteiger partial charge < -0.3 is 29.4 Å². The highest BCUT2D eigenvalue weighted by atomic mass is 16.6. The summed E-state index contributed by atoms with van der Waals surface area (Å²) in [5, 5.41) is 13.0. The summed E-state index contributed by atoms with van der Waals surface area (Å²) >= 11 is 0. The number of esters is 1. The molecule has 0 saturated heterocycles. The van der Waals surface area contributed by atoms with Gasteiger partial charge in [-0.15, -0.1) is 0 Å². The number of hydrogen-bond donors (Lipinski definition) is 2. The Morgan fingerprint density at radius 2 is 1.79 bits per heavy atom. The first-order valence-electron chi connectivity index (χ1n) is 9.18. The second-order valence-corrected chi connectivity index (χ2v) is 6.46. The van der Waals surface area contributed by atoms with Crippen molar-refractivity contribution in [2.45, 2.75) is 25.2 Å². The zero-order valence-corrected chi connectivity index (χ0v) is 16.0. The Morgan fingerprint density at radius 1 is 1.07 bits per heavy atom.